The van der Waals surface area contributed by atoms with Crippen molar-refractivity contribution in [1.82, 2.24) is 14.8 Å². The summed E-state index contributed by atoms with van der Waals surface area (Å²) in [6, 6.07) is 12.2. The summed E-state index contributed by atoms with van der Waals surface area (Å²) in [5.41, 5.74) is 3.20. The third-order valence-electron chi connectivity index (χ3n) is 7.14. The number of halogens is 4. The van der Waals surface area contributed by atoms with Gasteiger partial charge >= 0.3 is 5.97 Å². The molecule has 0 bridgehead atoms. The maximum Gasteiger partial charge on any atom is 0.355 e. The Balaban J connectivity index is 1.54. The van der Waals surface area contributed by atoms with Crippen LogP contribution in [0.25, 0.3) is 27.5 Å². The molecule has 0 amide bonds. The van der Waals surface area contributed by atoms with Crippen LogP contribution in [-0.2, 0) is 12.8 Å². The van der Waals surface area contributed by atoms with E-state index in [4.69, 9.17) is 10.2 Å². The molecule has 42 heavy (non-hydrogen) atoms. The van der Waals surface area contributed by atoms with Crippen molar-refractivity contribution in [2.45, 2.75) is 30.6 Å². The molecule has 2 aromatic heterocycles. The van der Waals surface area contributed by atoms with E-state index in [9.17, 15) is 23.1 Å². The third kappa shape index (κ3) is 5.57. The number of thiazole rings is 1. The van der Waals surface area contributed by atoms with E-state index in [-0.39, 0.29) is 23.2 Å². The molecule has 0 saturated heterocycles. The molecule has 1 aliphatic carbocycles. The van der Waals surface area contributed by atoms with Crippen LogP contribution in [0, 0.1) is 29.2 Å². The number of carbonyl (C=O) groups is 1. The van der Waals surface area contributed by atoms with Crippen LogP contribution >= 0.6 is 23.3 Å². The Morgan fingerprint density at radius 1 is 0.976 bits per heavy atom. The van der Waals surface area contributed by atoms with E-state index in [1.54, 1.807) is 16.8 Å². The molecule has 12 heteroatoms. The fourth-order valence-electron chi connectivity index (χ4n) is 4.84. The second kappa shape index (κ2) is 11.3. The van der Waals surface area contributed by atoms with Gasteiger partial charge in [-0.1, -0.05) is 12.1 Å². The minimum absolute atomic E-state index is 0.0495. The van der Waals surface area contributed by atoms with Gasteiger partial charge in [-0.2, -0.15) is 5.10 Å². The third-order valence-corrected chi connectivity index (χ3v) is 8.54. The SMILES string of the molecule is NSc1ccc(Cc2c(-c3ccc(F)c(-c4ccc(F)c(F)c4)c3)nn(-c3nc(C(=O)O)cs3)c2CC2CC2)cc1F. The Hall–Kier alpha value is -4.00. The van der Waals surface area contributed by atoms with Gasteiger partial charge in [0.25, 0.3) is 0 Å². The molecule has 5 aromatic rings. The van der Waals surface area contributed by atoms with Crippen LogP contribution in [0.1, 0.15) is 40.2 Å². The number of benzene rings is 3. The van der Waals surface area contributed by atoms with E-state index < -0.39 is 29.2 Å². The number of aromatic nitrogens is 3. The molecule has 6 rings (SSSR count). The van der Waals surface area contributed by atoms with Crippen LogP contribution < -0.4 is 5.14 Å². The van der Waals surface area contributed by atoms with Gasteiger partial charge < -0.3 is 5.11 Å². The lowest BCUT2D eigenvalue weighted by molar-refractivity contribution is 0.0691. The van der Waals surface area contributed by atoms with Gasteiger partial charge in [0.2, 0.25) is 5.13 Å². The fourth-order valence-corrected chi connectivity index (χ4v) is 5.93. The quantitative estimate of drug-likeness (QED) is 0.133. The summed E-state index contributed by atoms with van der Waals surface area (Å²) in [5, 5.41) is 21.6. The maximum atomic E-state index is 15.0. The number of hydrogen-bond acceptors (Lipinski definition) is 6. The summed E-state index contributed by atoms with van der Waals surface area (Å²) in [7, 11) is 0. The van der Waals surface area contributed by atoms with Crippen LogP contribution in [0.15, 0.2) is 64.9 Å². The van der Waals surface area contributed by atoms with Crippen LogP contribution in [0.2, 0.25) is 0 Å². The molecule has 0 unspecified atom stereocenters. The van der Waals surface area contributed by atoms with Gasteiger partial charge in [-0.25, -0.2) is 32.0 Å². The Labute approximate surface area is 246 Å². The molecule has 1 aliphatic rings. The predicted octanol–water partition coefficient (Wildman–Crippen LogP) is 7.43. The van der Waals surface area contributed by atoms with Crippen molar-refractivity contribution in [2.75, 3.05) is 0 Å². The summed E-state index contributed by atoms with van der Waals surface area (Å²) in [6.07, 6.45) is 2.93. The van der Waals surface area contributed by atoms with Crippen molar-refractivity contribution in [1.29, 1.82) is 0 Å². The largest absolute Gasteiger partial charge is 0.476 e. The second-order valence-electron chi connectivity index (χ2n) is 10.0. The molecule has 3 N–H and O–H groups in total. The molecule has 0 aliphatic heterocycles. The molecular weight excluding hydrogens is 588 g/mol. The fraction of sp³-hybridized carbons (Fsp3) is 0.167. The van der Waals surface area contributed by atoms with Gasteiger partial charge in [0.15, 0.2) is 17.3 Å². The Morgan fingerprint density at radius 3 is 2.40 bits per heavy atom. The highest BCUT2D eigenvalue weighted by Crippen LogP contribution is 2.39. The molecule has 0 radical (unpaired) electrons. The standard InChI is InChI=1S/C30H22F4N4O2S2/c31-21-6-5-18(12-19(21)17-4-7-22(32)23(33)13-17)28-20(9-16-3-8-27(42-35)24(34)10-16)26(11-15-1-2-15)38(37-28)30-36-25(14-41-30)29(39)40/h3-8,10,12-15H,1-2,9,11,35H2,(H,39,40). The van der Waals surface area contributed by atoms with Crippen molar-refractivity contribution < 1.29 is 27.5 Å². The van der Waals surface area contributed by atoms with E-state index in [0.717, 1.165) is 59.5 Å². The van der Waals surface area contributed by atoms with Gasteiger partial charge in [0, 0.05) is 28.5 Å². The van der Waals surface area contributed by atoms with Crippen molar-refractivity contribution >= 4 is 29.3 Å². The normalized spacial score (nSPS) is 13.1. The summed E-state index contributed by atoms with van der Waals surface area (Å²) >= 11 is 1.93. The molecule has 1 fully saturated rings. The topological polar surface area (TPSA) is 94.0 Å². The highest BCUT2D eigenvalue weighted by molar-refractivity contribution is 7.97. The van der Waals surface area contributed by atoms with Gasteiger partial charge in [0.1, 0.15) is 11.6 Å². The maximum absolute atomic E-state index is 15.0. The number of hydrogen-bond donors (Lipinski definition) is 2. The van der Waals surface area contributed by atoms with Crippen molar-refractivity contribution in [3.8, 4) is 27.5 Å². The van der Waals surface area contributed by atoms with E-state index in [0.29, 0.717) is 39.2 Å². The molecule has 0 spiro atoms. The zero-order valence-corrected chi connectivity index (χ0v) is 23.4. The minimum atomic E-state index is -1.17. The summed E-state index contributed by atoms with van der Waals surface area (Å²) < 4.78 is 59.0. The smallest absolute Gasteiger partial charge is 0.355 e. The highest BCUT2D eigenvalue weighted by Gasteiger charge is 2.29. The number of rotatable bonds is 9. The van der Waals surface area contributed by atoms with Gasteiger partial charge in [-0.05, 0) is 90.7 Å². The minimum Gasteiger partial charge on any atom is -0.476 e. The van der Waals surface area contributed by atoms with Crippen LogP contribution in [-0.4, -0.2) is 25.8 Å². The van der Waals surface area contributed by atoms with Crippen LogP contribution in [0.3, 0.4) is 0 Å². The van der Waals surface area contributed by atoms with Gasteiger partial charge in [0.05, 0.1) is 16.3 Å². The first-order chi connectivity index (χ1) is 20.2. The monoisotopic (exact) mass is 610 g/mol. The number of nitrogens with zero attached hydrogens (tertiary/aromatic N) is 3. The first-order valence-electron chi connectivity index (χ1n) is 12.9. The lowest BCUT2D eigenvalue weighted by atomic mass is 9.95. The summed E-state index contributed by atoms with van der Waals surface area (Å²) in [5.74, 6) is -4.02. The van der Waals surface area contributed by atoms with Crippen molar-refractivity contribution in [3.63, 3.8) is 0 Å². The van der Waals surface area contributed by atoms with Gasteiger partial charge in [-0.3, -0.25) is 5.14 Å². The van der Waals surface area contributed by atoms with Crippen LogP contribution in [0.5, 0.6) is 0 Å². The first kappa shape index (κ1) is 28.1. The average Bonchev–Trinajstić information content (AvgIpc) is 3.53. The van der Waals surface area contributed by atoms with Crippen LogP contribution in [0.4, 0.5) is 17.6 Å². The predicted molar refractivity (Wildman–Crippen MR) is 153 cm³/mol. The number of carboxylic acids is 1. The summed E-state index contributed by atoms with van der Waals surface area (Å²) in [4.78, 5) is 16.1. The summed E-state index contributed by atoms with van der Waals surface area (Å²) in [6.45, 7) is 0. The molecule has 0 atom stereocenters. The number of carboxylic acid groups (broad SMARTS) is 1. The molecule has 3 aromatic carbocycles. The van der Waals surface area contributed by atoms with Crippen molar-refractivity contribution in [2.24, 2.45) is 11.1 Å². The molecule has 2 heterocycles. The van der Waals surface area contributed by atoms with Gasteiger partial charge in [-0.15, -0.1) is 11.3 Å². The Kier molecular flexibility index (Phi) is 7.60. The number of aromatic carboxylic acids is 1. The second-order valence-corrected chi connectivity index (χ2v) is 11.5. The number of nitrogens with two attached hydrogens (primary N) is 1. The average molecular weight is 611 g/mol. The Morgan fingerprint density at radius 2 is 1.74 bits per heavy atom. The highest BCUT2D eigenvalue weighted by atomic mass is 32.2. The molecular formula is C30H22F4N4O2S2. The van der Waals surface area contributed by atoms with E-state index in [2.05, 4.69) is 4.98 Å². The zero-order chi connectivity index (χ0) is 29.5. The first-order valence-corrected chi connectivity index (χ1v) is 14.7. The lowest BCUT2D eigenvalue weighted by Gasteiger charge is -2.11. The van der Waals surface area contributed by atoms with E-state index in [1.165, 1.54) is 35.7 Å². The van der Waals surface area contributed by atoms with Crippen molar-refractivity contribution in [3.05, 3.63) is 106 Å². The lowest BCUT2D eigenvalue weighted by Crippen LogP contribution is -2.06. The van der Waals surface area contributed by atoms with E-state index in [1.807, 2.05) is 0 Å². The zero-order valence-electron chi connectivity index (χ0n) is 21.8. The molecule has 214 valence electrons. The Bertz CT molecular complexity index is 1830. The van der Waals surface area contributed by atoms with E-state index >= 15 is 4.39 Å². The molecule has 6 nitrogen and oxygen atoms in total. The molecule has 1 saturated carbocycles.